The Morgan fingerprint density at radius 1 is 1.30 bits per heavy atom. The monoisotopic (exact) mass is 274 g/mol. The summed E-state index contributed by atoms with van der Waals surface area (Å²) in [7, 11) is 0. The number of nitro groups is 1. The van der Waals surface area contributed by atoms with Crippen molar-refractivity contribution < 1.29 is 14.5 Å². The first-order valence-electron chi connectivity index (χ1n) is 5.45. The first kappa shape index (κ1) is 13.3. The van der Waals surface area contributed by atoms with Gasteiger partial charge in [0.1, 0.15) is 17.5 Å². The van der Waals surface area contributed by atoms with Gasteiger partial charge in [0.2, 0.25) is 5.88 Å². The number of benzene rings is 1. The molecule has 1 aromatic heterocycles. The molecule has 8 heteroatoms. The fourth-order valence-corrected chi connectivity index (χ4v) is 1.45. The van der Waals surface area contributed by atoms with Gasteiger partial charge in [-0.15, -0.1) is 0 Å². The summed E-state index contributed by atoms with van der Waals surface area (Å²) in [6, 6.07) is 7.36. The number of hydrogen-bond acceptors (Lipinski definition) is 6. The fraction of sp³-hybridized carbons (Fsp3) is 0. The Labute approximate surface area is 113 Å². The van der Waals surface area contributed by atoms with Gasteiger partial charge in [-0.3, -0.25) is 14.9 Å². The van der Waals surface area contributed by atoms with Gasteiger partial charge in [-0.25, -0.2) is 4.98 Å². The molecule has 0 aliphatic rings. The maximum absolute atomic E-state index is 11.3. The van der Waals surface area contributed by atoms with Crippen LogP contribution in [0, 0.1) is 10.1 Å². The predicted octanol–water partition coefficient (Wildman–Crippen LogP) is 1.46. The van der Waals surface area contributed by atoms with Crippen molar-refractivity contribution in [2.45, 2.75) is 0 Å². The number of ether oxygens (including phenoxy) is 1. The second kappa shape index (κ2) is 5.22. The van der Waals surface area contributed by atoms with Crippen LogP contribution in [-0.4, -0.2) is 15.8 Å². The molecule has 0 spiro atoms. The Morgan fingerprint density at radius 2 is 1.95 bits per heavy atom. The topological polar surface area (TPSA) is 134 Å². The number of nitrogens with zero attached hydrogens (tertiary/aromatic N) is 2. The molecule has 0 saturated carbocycles. The molecule has 1 heterocycles. The lowest BCUT2D eigenvalue weighted by atomic mass is 10.2. The second-order valence-corrected chi connectivity index (χ2v) is 3.84. The number of anilines is 1. The minimum Gasteiger partial charge on any atom is -0.438 e. The van der Waals surface area contributed by atoms with E-state index in [-0.39, 0.29) is 17.1 Å². The van der Waals surface area contributed by atoms with Gasteiger partial charge in [0.15, 0.2) is 0 Å². The highest BCUT2D eigenvalue weighted by Gasteiger charge is 2.17. The molecule has 0 saturated heterocycles. The summed E-state index contributed by atoms with van der Waals surface area (Å²) in [4.78, 5) is 25.0. The van der Waals surface area contributed by atoms with Crippen molar-refractivity contribution in [3.05, 3.63) is 52.2 Å². The molecular formula is C12H10N4O4. The van der Waals surface area contributed by atoms with Crippen LogP contribution in [-0.2, 0) is 0 Å². The zero-order chi connectivity index (χ0) is 14.7. The quantitative estimate of drug-likeness (QED) is 0.492. The van der Waals surface area contributed by atoms with E-state index in [0.717, 1.165) is 12.3 Å². The Morgan fingerprint density at radius 3 is 2.50 bits per heavy atom. The smallest absolute Gasteiger partial charge is 0.288 e. The van der Waals surface area contributed by atoms with Crippen molar-refractivity contribution >= 4 is 17.3 Å². The number of primary amides is 1. The van der Waals surface area contributed by atoms with Gasteiger partial charge in [0.25, 0.3) is 11.6 Å². The van der Waals surface area contributed by atoms with Crippen molar-refractivity contribution in [1.82, 2.24) is 4.98 Å². The van der Waals surface area contributed by atoms with Crippen LogP contribution in [0.3, 0.4) is 0 Å². The number of nitrogens with two attached hydrogens (primary N) is 2. The van der Waals surface area contributed by atoms with E-state index in [0.29, 0.717) is 11.4 Å². The summed E-state index contributed by atoms with van der Waals surface area (Å²) >= 11 is 0. The van der Waals surface area contributed by atoms with Gasteiger partial charge in [-0.2, -0.15) is 0 Å². The molecule has 0 unspecified atom stereocenters. The molecule has 0 radical (unpaired) electrons. The number of carbonyl (C=O) groups is 1. The molecule has 4 N–H and O–H groups in total. The lowest BCUT2D eigenvalue weighted by Crippen LogP contribution is -2.13. The van der Waals surface area contributed by atoms with E-state index >= 15 is 0 Å². The van der Waals surface area contributed by atoms with Crippen LogP contribution in [0.25, 0.3) is 0 Å². The average Bonchev–Trinajstić information content (AvgIpc) is 2.41. The van der Waals surface area contributed by atoms with Gasteiger partial charge in [0, 0.05) is 11.8 Å². The van der Waals surface area contributed by atoms with Crippen LogP contribution in [0.4, 0.5) is 11.4 Å². The number of pyridine rings is 1. The van der Waals surface area contributed by atoms with Gasteiger partial charge in [-0.05, 0) is 24.3 Å². The van der Waals surface area contributed by atoms with Crippen molar-refractivity contribution in [2.24, 2.45) is 5.73 Å². The van der Waals surface area contributed by atoms with Crippen molar-refractivity contribution in [2.75, 3.05) is 5.73 Å². The molecule has 0 atom stereocenters. The van der Waals surface area contributed by atoms with Crippen molar-refractivity contribution in [3.8, 4) is 11.6 Å². The first-order valence-corrected chi connectivity index (χ1v) is 5.45. The second-order valence-electron chi connectivity index (χ2n) is 3.84. The van der Waals surface area contributed by atoms with E-state index in [1.54, 1.807) is 24.3 Å². The van der Waals surface area contributed by atoms with Gasteiger partial charge in [-0.1, -0.05) is 0 Å². The first-order chi connectivity index (χ1) is 9.47. The molecule has 20 heavy (non-hydrogen) atoms. The highest BCUT2D eigenvalue weighted by atomic mass is 16.6. The number of amides is 1. The predicted molar refractivity (Wildman–Crippen MR) is 70.3 cm³/mol. The minimum absolute atomic E-state index is 0.104. The Hall–Kier alpha value is -3.16. The normalized spacial score (nSPS) is 10.0. The molecule has 0 aliphatic heterocycles. The zero-order valence-electron chi connectivity index (χ0n) is 10.1. The highest BCUT2D eigenvalue weighted by molar-refractivity contribution is 5.95. The maximum Gasteiger partial charge on any atom is 0.288 e. The molecule has 102 valence electrons. The molecular weight excluding hydrogens is 264 g/mol. The fourth-order valence-electron chi connectivity index (χ4n) is 1.45. The van der Waals surface area contributed by atoms with E-state index in [9.17, 15) is 14.9 Å². The number of aromatic nitrogens is 1. The molecule has 2 rings (SSSR count). The standard InChI is InChI=1S/C12H10N4O4/c13-7-1-3-9(4-2-7)20-12-10(11(14)17)5-8(6-15-12)16(18)19/h1-6H,13H2,(H2,14,17). The van der Waals surface area contributed by atoms with Crippen molar-refractivity contribution in [1.29, 1.82) is 0 Å². The van der Waals surface area contributed by atoms with Crippen LogP contribution in [0.2, 0.25) is 0 Å². The highest BCUT2D eigenvalue weighted by Crippen LogP contribution is 2.26. The maximum atomic E-state index is 11.3. The lowest BCUT2D eigenvalue weighted by molar-refractivity contribution is -0.385. The summed E-state index contributed by atoms with van der Waals surface area (Å²) < 4.78 is 5.37. The lowest BCUT2D eigenvalue weighted by Gasteiger charge is -2.07. The zero-order valence-corrected chi connectivity index (χ0v) is 10.1. The Kier molecular flexibility index (Phi) is 3.47. The largest absolute Gasteiger partial charge is 0.438 e. The van der Waals surface area contributed by atoms with Crippen LogP contribution in [0.5, 0.6) is 11.6 Å². The summed E-state index contributed by atoms with van der Waals surface area (Å²) in [5, 5.41) is 10.6. The summed E-state index contributed by atoms with van der Waals surface area (Å²) in [5.41, 5.74) is 10.7. The molecule has 2 aromatic rings. The number of nitrogen functional groups attached to an aromatic ring is 1. The molecule has 8 nitrogen and oxygen atoms in total. The Balaban J connectivity index is 2.38. The van der Waals surface area contributed by atoms with Crippen LogP contribution >= 0.6 is 0 Å². The third-order valence-electron chi connectivity index (χ3n) is 2.41. The van der Waals surface area contributed by atoms with Gasteiger partial charge < -0.3 is 16.2 Å². The van der Waals surface area contributed by atoms with Crippen LogP contribution in [0.1, 0.15) is 10.4 Å². The van der Waals surface area contributed by atoms with Gasteiger partial charge in [0.05, 0.1) is 4.92 Å². The van der Waals surface area contributed by atoms with E-state index in [2.05, 4.69) is 4.98 Å². The molecule has 0 fully saturated rings. The number of carbonyl (C=O) groups excluding carboxylic acids is 1. The molecule has 0 bridgehead atoms. The van der Waals surface area contributed by atoms with E-state index in [4.69, 9.17) is 16.2 Å². The Bertz CT molecular complexity index is 670. The van der Waals surface area contributed by atoms with Crippen molar-refractivity contribution in [3.63, 3.8) is 0 Å². The van der Waals surface area contributed by atoms with Crippen LogP contribution in [0.15, 0.2) is 36.5 Å². The third-order valence-corrected chi connectivity index (χ3v) is 2.41. The van der Waals surface area contributed by atoms with E-state index in [1.807, 2.05) is 0 Å². The molecule has 1 aromatic carbocycles. The summed E-state index contributed by atoms with van der Waals surface area (Å²) in [5.74, 6) is -0.595. The van der Waals surface area contributed by atoms with Gasteiger partial charge >= 0.3 is 0 Å². The van der Waals surface area contributed by atoms with E-state index < -0.39 is 10.8 Å². The number of rotatable bonds is 4. The minimum atomic E-state index is -0.869. The average molecular weight is 274 g/mol. The summed E-state index contributed by atoms with van der Waals surface area (Å²) in [6.07, 6.45) is 0.985. The SMILES string of the molecule is NC(=O)c1cc([N+](=O)[O-])cnc1Oc1ccc(N)cc1. The summed E-state index contributed by atoms with van der Waals surface area (Å²) in [6.45, 7) is 0. The number of hydrogen-bond donors (Lipinski definition) is 2. The molecule has 1 amide bonds. The third kappa shape index (κ3) is 2.80. The van der Waals surface area contributed by atoms with Crippen LogP contribution < -0.4 is 16.2 Å². The molecule has 0 aliphatic carbocycles. The van der Waals surface area contributed by atoms with E-state index in [1.165, 1.54) is 0 Å².